The van der Waals surface area contributed by atoms with Crippen LogP contribution in [0.15, 0.2) is 59.5 Å². The Morgan fingerprint density at radius 1 is 1.06 bits per heavy atom. The van der Waals surface area contributed by atoms with Gasteiger partial charge in [0.05, 0.1) is 5.56 Å². The van der Waals surface area contributed by atoms with Crippen LogP contribution in [0, 0.1) is 12.7 Å². The molecule has 1 N–H and O–H groups in total. The molecule has 0 bridgehead atoms. The Hall–Kier alpha value is -2.81. The van der Waals surface area contributed by atoms with Crippen molar-refractivity contribution in [3.05, 3.63) is 82.1 Å². The van der Waals surface area contributed by atoms with Gasteiger partial charge >= 0.3 is 10.1 Å². The maximum absolute atomic E-state index is 14.8. The summed E-state index contributed by atoms with van der Waals surface area (Å²) >= 11 is 5.93. The fraction of sp³-hybridized carbons (Fsp3) is 0.308. The van der Waals surface area contributed by atoms with Crippen molar-refractivity contribution in [2.24, 2.45) is 0 Å². The summed E-state index contributed by atoms with van der Waals surface area (Å²) in [6.07, 6.45) is 1.51. The number of benzene rings is 3. The van der Waals surface area contributed by atoms with Crippen molar-refractivity contribution in [3.63, 3.8) is 0 Å². The van der Waals surface area contributed by atoms with E-state index in [1.165, 1.54) is 24.3 Å². The van der Waals surface area contributed by atoms with E-state index in [1.54, 1.807) is 37.3 Å². The van der Waals surface area contributed by atoms with Gasteiger partial charge in [0.15, 0.2) is 11.5 Å². The van der Waals surface area contributed by atoms with Gasteiger partial charge in [-0.25, -0.2) is 4.39 Å². The largest absolute Gasteiger partial charge is 0.444 e. The van der Waals surface area contributed by atoms with Crippen molar-refractivity contribution in [3.8, 4) is 17.2 Å². The molecule has 0 aromatic heterocycles. The molecule has 0 saturated carbocycles. The van der Waals surface area contributed by atoms with Crippen LogP contribution in [0.3, 0.4) is 0 Å². The molecule has 9 heteroatoms. The molecular formula is C26H25ClFNO5S. The van der Waals surface area contributed by atoms with E-state index in [0.29, 0.717) is 17.1 Å². The molecule has 5 rings (SSSR count). The lowest BCUT2D eigenvalue weighted by Crippen LogP contribution is -2.33. The number of piperidine rings is 1. The Labute approximate surface area is 209 Å². The highest BCUT2D eigenvalue weighted by atomic mass is 35.5. The lowest BCUT2D eigenvalue weighted by molar-refractivity contribution is -0.0711. The molecule has 35 heavy (non-hydrogen) atoms. The molecule has 184 valence electrons. The summed E-state index contributed by atoms with van der Waals surface area (Å²) in [4.78, 5) is 0.0603. The average Bonchev–Trinajstić information content (AvgIpc) is 3.16. The van der Waals surface area contributed by atoms with E-state index >= 15 is 0 Å². The Morgan fingerprint density at radius 3 is 2.46 bits per heavy atom. The van der Waals surface area contributed by atoms with Crippen molar-refractivity contribution in [2.75, 3.05) is 13.1 Å². The molecule has 1 saturated heterocycles. The minimum absolute atomic E-state index is 0.0320. The predicted molar refractivity (Wildman–Crippen MR) is 130 cm³/mol. The third kappa shape index (κ3) is 4.58. The molecule has 2 aliphatic rings. The highest BCUT2D eigenvalue weighted by Crippen LogP contribution is 2.53. The van der Waals surface area contributed by atoms with E-state index in [9.17, 15) is 12.8 Å². The Kier molecular flexibility index (Phi) is 6.15. The number of fused-ring (bicyclic) bond motifs is 1. The van der Waals surface area contributed by atoms with Gasteiger partial charge in [0, 0.05) is 17.5 Å². The monoisotopic (exact) mass is 517 g/mol. The molecule has 6 nitrogen and oxygen atoms in total. The predicted octanol–water partition coefficient (Wildman–Crippen LogP) is 5.67. The summed E-state index contributed by atoms with van der Waals surface area (Å²) in [5.41, 5.74) is 1.73. The summed E-state index contributed by atoms with van der Waals surface area (Å²) in [6.45, 7) is 5.03. The number of ether oxygens (including phenoxy) is 2. The lowest BCUT2D eigenvalue weighted by Gasteiger charge is -2.27. The van der Waals surface area contributed by atoms with Crippen molar-refractivity contribution in [2.45, 2.75) is 43.3 Å². The van der Waals surface area contributed by atoms with Gasteiger partial charge in [-0.1, -0.05) is 29.3 Å². The van der Waals surface area contributed by atoms with Crippen molar-refractivity contribution >= 4 is 21.7 Å². The molecule has 3 aromatic rings. The number of hydrogen-bond acceptors (Lipinski definition) is 6. The first kappa shape index (κ1) is 23.9. The fourth-order valence-electron chi connectivity index (χ4n) is 4.58. The van der Waals surface area contributed by atoms with E-state index < -0.39 is 21.7 Å². The third-order valence-electron chi connectivity index (χ3n) is 6.40. The SMILES string of the molecule is Cc1ccc(S(=O)(=O)Oc2ccc3c(c2C2CCNCC2)O[C@@](C)(c2ccc(Cl)cc2F)O3)cc1. The quantitative estimate of drug-likeness (QED) is 0.440. The van der Waals surface area contributed by atoms with Gasteiger partial charge in [-0.2, -0.15) is 8.42 Å². The van der Waals surface area contributed by atoms with Crippen LogP contribution in [0.1, 0.15) is 42.4 Å². The van der Waals surface area contributed by atoms with Crippen LogP contribution >= 0.6 is 11.6 Å². The molecule has 0 radical (unpaired) electrons. The first-order valence-electron chi connectivity index (χ1n) is 11.4. The van der Waals surface area contributed by atoms with Crippen LogP contribution in [0.25, 0.3) is 0 Å². The second-order valence-corrected chi connectivity index (χ2v) is 10.9. The zero-order valence-electron chi connectivity index (χ0n) is 19.3. The van der Waals surface area contributed by atoms with Crippen molar-refractivity contribution in [1.82, 2.24) is 5.32 Å². The molecule has 0 unspecified atom stereocenters. The van der Waals surface area contributed by atoms with E-state index in [1.807, 2.05) is 6.92 Å². The molecule has 1 atom stereocenters. The average molecular weight is 518 g/mol. The number of rotatable bonds is 5. The zero-order valence-corrected chi connectivity index (χ0v) is 20.9. The van der Waals surface area contributed by atoms with Gasteiger partial charge in [0.1, 0.15) is 16.5 Å². The summed E-state index contributed by atoms with van der Waals surface area (Å²) in [7, 11) is -4.09. The minimum Gasteiger partial charge on any atom is -0.444 e. The normalized spacial score (nSPS) is 20.1. The van der Waals surface area contributed by atoms with E-state index in [2.05, 4.69) is 5.32 Å². The molecule has 1 fully saturated rings. The maximum atomic E-state index is 14.8. The first-order valence-corrected chi connectivity index (χ1v) is 13.2. The maximum Gasteiger partial charge on any atom is 0.339 e. The molecule has 0 spiro atoms. The van der Waals surface area contributed by atoms with Gasteiger partial charge in [0.25, 0.3) is 5.79 Å². The Bertz CT molecular complexity index is 1370. The van der Waals surface area contributed by atoms with Crippen molar-refractivity contribution in [1.29, 1.82) is 0 Å². The van der Waals surface area contributed by atoms with Gasteiger partial charge in [-0.05, 0) is 81.2 Å². The smallest absolute Gasteiger partial charge is 0.339 e. The lowest BCUT2D eigenvalue weighted by atomic mass is 9.88. The van der Waals surface area contributed by atoms with Crippen LogP contribution in [0.2, 0.25) is 5.02 Å². The molecule has 2 aliphatic heterocycles. The van der Waals surface area contributed by atoms with Gasteiger partial charge in [-0.3, -0.25) is 0 Å². The number of hydrogen-bond donors (Lipinski definition) is 1. The van der Waals surface area contributed by atoms with Crippen molar-refractivity contribution < 1.29 is 26.5 Å². The van der Waals surface area contributed by atoms with Gasteiger partial charge in [0.2, 0.25) is 0 Å². The van der Waals surface area contributed by atoms with Crippen LogP contribution in [0.4, 0.5) is 4.39 Å². The number of aryl methyl sites for hydroxylation is 1. The standard InChI is InChI=1S/C26H25ClFNO5S/c1-16-3-6-19(7-4-16)35(30,31)34-22-9-10-23-25(24(22)17-11-13-29-14-12-17)33-26(2,32-23)20-8-5-18(27)15-21(20)28/h3-10,15,17,29H,11-14H2,1-2H3/t26-/m0/s1. The van der Waals surface area contributed by atoms with E-state index in [-0.39, 0.29) is 27.1 Å². The fourth-order valence-corrected chi connectivity index (χ4v) is 5.69. The Morgan fingerprint density at radius 2 is 1.77 bits per heavy atom. The van der Waals surface area contributed by atoms with Crippen LogP contribution < -0.4 is 19.0 Å². The number of nitrogens with one attached hydrogen (secondary N) is 1. The van der Waals surface area contributed by atoms with Gasteiger partial charge in [-0.15, -0.1) is 0 Å². The van der Waals surface area contributed by atoms with Crippen LogP contribution in [-0.4, -0.2) is 21.5 Å². The van der Waals surface area contributed by atoms with Crippen LogP contribution in [-0.2, 0) is 15.9 Å². The molecule has 3 aromatic carbocycles. The Balaban J connectivity index is 1.57. The third-order valence-corrected chi connectivity index (χ3v) is 7.88. The van der Waals surface area contributed by atoms with Crippen LogP contribution in [0.5, 0.6) is 17.2 Å². The summed E-state index contributed by atoms with van der Waals surface area (Å²) in [5, 5.41) is 3.57. The molecule has 0 aliphatic carbocycles. The first-order chi connectivity index (χ1) is 16.7. The molecule has 0 amide bonds. The second kappa shape index (κ2) is 9.00. The van der Waals surface area contributed by atoms with Gasteiger partial charge < -0.3 is 19.0 Å². The number of halogens is 2. The highest BCUT2D eigenvalue weighted by Gasteiger charge is 2.44. The highest BCUT2D eigenvalue weighted by molar-refractivity contribution is 7.87. The summed E-state index contributed by atoms with van der Waals surface area (Å²) in [6, 6.07) is 13.9. The molecule has 2 heterocycles. The van der Waals surface area contributed by atoms with E-state index in [4.69, 9.17) is 25.3 Å². The summed E-state index contributed by atoms with van der Waals surface area (Å²) in [5.74, 6) is -1.10. The summed E-state index contributed by atoms with van der Waals surface area (Å²) < 4.78 is 59.0. The minimum atomic E-state index is -4.09. The molecular weight excluding hydrogens is 493 g/mol. The zero-order chi connectivity index (χ0) is 24.8. The topological polar surface area (TPSA) is 73.9 Å². The van der Waals surface area contributed by atoms with E-state index in [0.717, 1.165) is 31.5 Å². The second-order valence-electron chi connectivity index (χ2n) is 8.95.